The van der Waals surface area contributed by atoms with Crippen LogP contribution in [0.25, 0.3) is 0 Å². The lowest BCUT2D eigenvalue weighted by Gasteiger charge is -2.16. The maximum atomic E-state index is 11.2. The smallest absolute Gasteiger partial charge is 0.143 e. The number of rotatable bonds is 1. The highest BCUT2D eigenvalue weighted by Crippen LogP contribution is 2.20. The molecule has 0 saturated heterocycles. The zero-order valence-corrected chi connectivity index (χ0v) is 6.09. The Morgan fingerprint density at radius 2 is 2.40 bits per heavy atom. The van der Waals surface area contributed by atoms with Gasteiger partial charge in [0, 0.05) is 7.77 Å². The summed E-state index contributed by atoms with van der Waals surface area (Å²) in [5.41, 5.74) is 0. The summed E-state index contributed by atoms with van der Waals surface area (Å²) in [6.07, 6.45) is 1.48. The quantitative estimate of drug-likeness (QED) is 0.516. The average Bonchev–Trinajstić information content (AvgIpc) is 1.94. The Labute approximate surface area is 62.0 Å². The van der Waals surface area contributed by atoms with Crippen molar-refractivity contribution in [3.8, 4) is 0 Å². The summed E-state index contributed by atoms with van der Waals surface area (Å²) >= 11 is 0. The second-order valence-corrected chi connectivity index (χ2v) is 2.70. The summed E-state index contributed by atoms with van der Waals surface area (Å²) in [5, 5.41) is 0. The van der Waals surface area contributed by atoms with Crippen molar-refractivity contribution in [1.82, 2.24) is 0 Å². The maximum Gasteiger partial charge on any atom is 0.143 e. The lowest BCUT2D eigenvalue weighted by molar-refractivity contribution is -0.133. The number of ketones is 2. The van der Waals surface area contributed by atoms with Crippen LogP contribution in [0.4, 0.5) is 0 Å². The van der Waals surface area contributed by atoms with E-state index < -0.39 is 12.3 Å². The number of carbonyl (C=O) groups excluding carboxylic acids is 2. The van der Waals surface area contributed by atoms with Gasteiger partial charge in [-0.1, -0.05) is 6.42 Å². The third-order valence-electron chi connectivity index (χ3n) is 1.88. The molecule has 0 aromatic heterocycles. The van der Waals surface area contributed by atoms with Gasteiger partial charge >= 0.3 is 0 Å². The number of hydrogen-bond donors (Lipinski definition) is 0. The van der Waals surface area contributed by atoms with E-state index in [1.807, 2.05) is 0 Å². The molecule has 0 aromatic rings. The van der Waals surface area contributed by atoms with Crippen LogP contribution in [0.1, 0.15) is 34.0 Å². The number of Topliss-reactive ketones (excluding diaryl/α,β-unsaturated/α-hetero) is 2. The molecule has 1 fully saturated rings. The highest BCUT2D eigenvalue weighted by molar-refractivity contribution is 6.01. The van der Waals surface area contributed by atoms with E-state index in [9.17, 15) is 9.59 Å². The van der Waals surface area contributed by atoms with Crippen LogP contribution in [0.3, 0.4) is 0 Å². The first kappa shape index (κ1) is 6.08. The minimum absolute atomic E-state index is 0.0769. The fourth-order valence-electron chi connectivity index (χ4n) is 1.25. The molecule has 0 aliphatic heterocycles. The van der Waals surface area contributed by atoms with Gasteiger partial charge in [0.2, 0.25) is 0 Å². The molecule has 1 aliphatic rings. The highest BCUT2D eigenvalue weighted by Gasteiger charge is 2.25. The van der Waals surface area contributed by atoms with E-state index >= 15 is 0 Å². The lowest BCUT2D eigenvalue weighted by Crippen LogP contribution is -2.24. The monoisotopic (exact) mass is 141 g/mol. The first-order valence-electron chi connectivity index (χ1n) is 4.17. The van der Waals surface area contributed by atoms with Crippen molar-refractivity contribution in [1.29, 1.82) is 0 Å². The van der Waals surface area contributed by atoms with Gasteiger partial charge in [0.05, 0.1) is 5.92 Å². The predicted octanol–water partition coefficient (Wildman–Crippen LogP) is 1.33. The Kier molecular flexibility index (Phi) is 1.79. The Bertz CT molecular complexity index is 189. The minimum Gasteiger partial charge on any atom is -0.299 e. The van der Waals surface area contributed by atoms with Crippen molar-refractivity contribution in [2.45, 2.75) is 32.6 Å². The van der Waals surface area contributed by atoms with Gasteiger partial charge in [0.25, 0.3) is 0 Å². The summed E-state index contributed by atoms with van der Waals surface area (Å²) in [4.78, 5) is 22.0. The van der Waals surface area contributed by atoms with Crippen LogP contribution in [-0.4, -0.2) is 11.6 Å². The van der Waals surface area contributed by atoms with Crippen LogP contribution in [0.5, 0.6) is 0 Å². The molecule has 0 bridgehead atoms. The summed E-state index contributed by atoms with van der Waals surface area (Å²) in [7, 11) is 0. The molecular formula is C8H12O2. The summed E-state index contributed by atoms with van der Waals surface area (Å²) in [5.74, 6) is -0.720. The summed E-state index contributed by atoms with van der Waals surface area (Å²) in [6.45, 7) is 1.43. The van der Waals surface area contributed by atoms with Crippen molar-refractivity contribution in [3.05, 3.63) is 0 Å². The molecule has 0 spiro atoms. The number of carbonyl (C=O) groups is 2. The van der Waals surface area contributed by atoms with Crippen molar-refractivity contribution in [3.63, 3.8) is 0 Å². The molecular weight excluding hydrogens is 128 g/mol. The lowest BCUT2D eigenvalue weighted by atomic mass is 9.86. The van der Waals surface area contributed by atoms with Crippen molar-refractivity contribution >= 4 is 11.6 Å². The van der Waals surface area contributed by atoms with Crippen molar-refractivity contribution < 1.29 is 11.0 Å². The molecule has 2 nitrogen and oxygen atoms in total. The van der Waals surface area contributed by atoms with E-state index in [1.54, 1.807) is 0 Å². The van der Waals surface area contributed by atoms with Crippen molar-refractivity contribution in [2.75, 3.05) is 0 Å². The third-order valence-corrected chi connectivity index (χ3v) is 1.88. The molecule has 2 unspecified atom stereocenters. The zero-order chi connectivity index (χ0) is 8.43. The summed E-state index contributed by atoms with van der Waals surface area (Å²) in [6, 6.07) is 0. The molecule has 1 rings (SSSR count). The fourth-order valence-corrected chi connectivity index (χ4v) is 1.25. The molecule has 1 saturated carbocycles. The molecule has 0 N–H and O–H groups in total. The van der Waals surface area contributed by atoms with Crippen LogP contribution in [0.2, 0.25) is 0 Å². The topological polar surface area (TPSA) is 34.1 Å². The fraction of sp³-hybridized carbons (Fsp3) is 0.750. The van der Waals surface area contributed by atoms with Crippen molar-refractivity contribution in [2.24, 2.45) is 5.92 Å². The Morgan fingerprint density at radius 1 is 1.70 bits per heavy atom. The first-order valence-corrected chi connectivity index (χ1v) is 3.59. The van der Waals surface area contributed by atoms with Gasteiger partial charge in [-0.25, -0.2) is 0 Å². The summed E-state index contributed by atoms with van der Waals surface area (Å²) < 4.78 is 7.30. The SMILES string of the molecule is [2H]C1CCCC(C(C)=O)C1=O. The van der Waals surface area contributed by atoms with Crippen LogP contribution >= 0.6 is 0 Å². The molecule has 2 heteroatoms. The second kappa shape index (κ2) is 2.95. The van der Waals surface area contributed by atoms with E-state index in [1.165, 1.54) is 6.92 Å². The van der Waals surface area contributed by atoms with Crippen LogP contribution in [0.15, 0.2) is 0 Å². The largest absolute Gasteiger partial charge is 0.299 e. The standard InChI is InChI=1S/C8H12O2/c1-6(9)7-4-2-3-5-8(7)10/h7H,2-5H2,1H3/i5D. The van der Waals surface area contributed by atoms with E-state index in [2.05, 4.69) is 0 Å². The van der Waals surface area contributed by atoms with Gasteiger partial charge in [-0.15, -0.1) is 0 Å². The van der Waals surface area contributed by atoms with Gasteiger partial charge in [0.1, 0.15) is 11.6 Å². The van der Waals surface area contributed by atoms with Gasteiger partial charge in [-0.3, -0.25) is 9.59 Å². The highest BCUT2D eigenvalue weighted by atomic mass is 16.1. The molecule has 0 radical (unpaired) electrons. The molecule has 0 aromatic carbocycles. The van der Waals surface area contributed by atoms with Gasteiger partial charge in [0.15, 0.2) is 0 Å². The molecule has 1 aliphatic carbocycles. The van der Waals surface area contributed by atoms with Gasteiger partial charge in [-0.05, 0) is 19.8 Å². The Morgan fingerprint density at radius 3 is 2.90 bits per heavy atom. The van der Waals surface area contributed by atoms with Gasteiger partial charge in [-0.2, -0.15) is 0 Å². The molecule has 56 valence electrons. The Hall–Kier alpha value is -0.660. The molecule has 0 amide bonds. The molecule has 2 atom stereocenters. The normalized spacial score (nSPS) is 35.3. The minimum atomic E-state index is -0.641. The maximum absolute atomic E-state index is 11.2. The van der Waals surface area contributed by atoms with E-state index in [0.717, 1.165) is 6.42 Å². The molecule has 10 heavy (non-hydrogen) atoms. The predicted molar refractivity (Wildman–Crippen MR) is 37.6 cm³/mol. The average molecular weight is 141 g/mol. The second-order valence-electron chi connectivity index (χ2n) is 2.70. The van der Waals surface area contributed by atoms with E-state index in [-0.39, 0.29) is 11.6 Å². The first-order chi connectivity index (χ1) is 5.13. The third kappa shape index (κ3) is 1.43. The zero-order valence-electron chi connectivity index (χ0n) is 7.09. The molecule has 0 heterocycles. The van der Waals surface area contributed by atoms with Crippen LogP contribution in [0, 0.1) is 5.92 Å². The van der Waals surface area contributed by atoms with Crippen LogP contribution in [-0.2, 0) is 9.59 Å². The Balaban J connectivity index is 2.66. The van der Waals surface area contributed by atoms with E-state index in [4.69, 9.17) is 1.37 Å². The van der Waals surface area contributed by atoms with E-state index in [0.29, 0.717) is 12.8 Å². The number of hydrogen-bond acceptors (Lipinski definition) is 2. The van der Waals surface area contributed by atoms with Crippen LogP contribution < -0.4 is 0 Å². The van der Waals surface area contributed by atoms with Gasteiger partial charge < -0.3 is 0 Å².